The van der Waals surface area contributed by atoms with E-state index in [1.807, 2.05) is 32.0 Å². The topological polar surface area (TPSA) is 36.9 Å². The minimum absolute atomic E-state index is 0.0955. The molecule has 0 aliphatic rings. The highest BCUT2D eigenvalue weighted by Gasteiger charge is 2.08. The van der Waals surface area contributed by atoms with Gasteiger partial charge in [0.15, 0.2) is 11.5 Å². The van der Waals surface area contributed by atoms with Crippen LogP contribution in [0.4, 0.5) is 0 Å². The first-order valence-corrected chi connectivity index (χ1v) is 5.63. The molecule has 0 aliphatic heterocycles. The van der Waals surface area contributed by atoms with Crippen LogP contribution in [0.1, 0.15) is 13.8 Å². The molecule has 0 saturated carbocycles. The van der Waals surface area contributed by atoms with E-state index in [-0.39, 0.29) is 6.10 Å². The Morgan fingerprint density at radius 1 is 1.06 bits per heavy atom. The first-order chi connectivity index (χ1) is 8.17. The molecular weight excluding hydrogens is 220 g/mol. The van der Waals surface area contributed by atoms with E-state index < -0.39 is 0 Å². The summed E-state index contributed by atoms with van der Waals surface area (Å²) < 4.78 is 21.3. The van der Waals surface area contributed by atoms with Crippen molar-refractivity contribution < 1.29 is 18.9 Å². The standard InChI is InChI=1S/C13H20O4/c1-10(2)17-13-9-11(16-8-7-14-3)5-6-12(13)15-4/h5-6,9-10H,7-8H2,1-4H3. The molecule has 1 aromatic carbocycles. The van der Waals surface area contributed by atoms with Crippen LogP contribution < -0.4 is 14.2 Å². The van der Waals surface area contributed by atoms with Crippen LogP contribution in [0, 0.1) is 0 Å². The number of ether oxygens (including phenoxy) is 4. The molecule has 0 radical (unpaired) electrons. The maximum absolute atomic E-state index is 5.65. The predicted octanol–water partition coefficient (Wildman–Crippen LogP) is 2.51. The third-order valence-corrected chi connectivity index (χ3v) is 2.05. The molecule has 0 bridgehead atoms. The van der Waals surface area contributed by atoms with Gasteiger partial charge in [-0.2, -0.15) is 0 Å². The van der Waals surface area contributed by atoms with E-state index in [9.17, 15) is 0 Å². The van der Waals surface area contributed by atoms with Crippen molar-refractivity contribution in [1.82, 2.24) is 0 Å². The minimum atomic E-state index is 0.0955. The van der Waals surface area contributed by atoms with Gasteiger partial charge < -0.3 is 18.9 Å². The summed E-state index contributed by atoms with van der Waals surface area (Å²) in [6.07, 6.45) is 0.0955. The van der Waals surface area contributed by atoms with Gasteiger partial charge in [-0.25, -0.2) is 0 Å². The van der Waals surface area contributed by atoms with Gasteiger partial charge in [0.1, 0.15) is 12.4 Å². The summed E-state index contributed by atoms with van der Waals surface area (Å²) in [6.45, 7) is 5.02. The fourth-order valence-corrected chi connectivity index (χ4v) is 1.34. The Morgan fingerprint density at radius 3 is 2.41 bits per heavy atom. The average molecular weight is 240 g/mol. The number of rotatable bonds is 7. The molecule has 96 valence electrons. The van der Waals surface area contributed by atoms with Crippen LogP contribution in [0.5, 0.6) is 17.2 Å². The SMILES string of the molecule is COCCOc1ccc(OC)c(OC(C)C)c1. The maximum Gasteiger partial charge on any atom is 0.165 e. The average Bonchev–Trinajstić information content (AvgIpc) is 2.29. The molecule has 0 aromatic heterocycles. The van der Waals surface area contributed by atoms with E-state index in [0.29, 0.717) is 24.7 Å². The summed E-state index contributed by atoms with van der Waals surface area (Å²) in [7, 11) is 3.26. The van der Waals surface area contributed by atoms with Crippen molar-refractivity contribution in [3.63, 3.8) is 0 Å². The van der Waals surface area contributed by atoms with Gasteiger partial charge in [0, 0.05) is 13.2 Å². The van der Waals surface area contributed by atoms with Gasteiger partial charge in [0.2, 0.25) is 0 Å². The van der Waals surface area contributed by atoms with E-state index in [1.165, 1.54) is 0 Å². The quantitative estimate of drug-likeness (QED) is 0.686. The Hall–Kier alpha value is -1.42. The van der Waals surface area contributed by atoms with Crippen molar-refractivity contribution in [3.05, 3.63) is 18.2 Å². The number of methoxy groups -OCH3 is 2. The predicted molar refractivity (Wildman–Crippen MR) is 66.1 cm³/mol. The summed E-state index contributed by atoms with van der Waals surface area (Å²) in [5.41, 5.74) is 0. The summed E-state index contributed by atoms with van der Waals surface area (Å²) in [5, 5.41) is 0. The molecule has 0 aliphatic carbocycles. The first kappa shape index (κ1) is 13.6. The zero-order chi connectivity index (χ0) is 12.7. The van der Waals surface area contributed by atoms with Crippen LogP contribution >= 0.6 is 0 Å². The summed E-state index contributed by atoms with van der Waals surface area (Å²) in [6, 6.07) is 5.51. The van der Waals surface area contributed by atoms with Crippen molar-refractivity contribution in [3.8, 4) is 17.2 Å². The zero-order valence-corrected chi connectivity index (χ0v) is 10.9. The molecule has 4 heteroatoms. The molecule has 1 rings (SSSR count). The molecule has 0 N–H and O–H groups in total. The van der Waals surface area contributed by atoms with E-state index in [4.69, 9.17) is 18.9 Å². The molecule has 0 atom stereocenters. The van der Waals surface area contributed by atoms with Gasteiger partial charge in [-0.1, -0.05) is 0 Å². The van der Waals surface area contributed by atoms with Crippen molar-refractivity contribution >= 4 is 0 Å². The second-order valence-corrected chi connectivity index (χ2v) is 3.82. The lowest BCUT2D eigenvalue weighted by atomic mass is 10.3. The third kappa shape index (κ3) is 4.53. The number of hydrogen-bond donors (Lipinski definition) is 0. The van der Waals surface area contributed by atoms with Crippen LogP contribution in [-0.4, -0.2) is 33.5 Å². The lowest BCUT2D eigenvalue weighted by Crippen LogP contribution is -2.08. The second kappa shape index (κ2) is 7.01. The van der Waals surface area contributed by atoms with Gasteiger partial charge in [0.05, 0.1) is 19.8 Å². The van der Waals surface area contributed by atoms with Gasteiger partial charge in [0.25, 0.3) is 0 Å². The Kier molecular flexibility index (Phi) is 5.63. The molecule has 17 heavy (non-hydrogen) atoms. The fraction of sp³-hybridized carbons (Fsp3) is 0.538. The fourth-order valence-electron chi connectivity index (χ4n) is 1.34. The largest absolute Gasteiger partial charge is 0.493 e. The molecule has 0 spiro atoms. The van der Waals surface area contributed by atoms with E-state index >= 15 is 0 Å². The minimum Gasteiger partial charge on any atom is -0.493 e. The smallest absolute Gasteiger partial charge is 0.165 e. The lowest BCUT2D eigenvalue weighted by Gasteiger charge is -2.15. The van der Waals surface area contributed by atoms with Crippen molar-refractivity contribution in [2.45, 2.75) is 20.0 Å². The number of hydrogen-bond acceptors (Lipinski definition) is 4. The lowest BCUT2D eigenvalue weighted by molar-refractivity contribution is 0.145. The van der Waals surface area contributed by atoms with E-state index in [1.54, 1.807) is 14.2 Å². The Balaban J connectivity index is 2.73. The highest BCUT2D eigenvalue weighted by molar-refractivity contribution is 5.45. The third-order valence-electron chi connectivity index (χ3n) is 2.05. The molecular formula is C13H20O4. The normalized spacial score (nSPS) is 10.4. The summed E-state index contributed by atoms with van der Waals surface area (Å²) in [4.78, 5) is 0. The van der Waals surface area contributed by atoms with Crippen LogP contribution in [-0.2, 0) is 4.74 Å². The van der Waals surface area contributed by atoms with Gasteiger partial charge in [-0.15, -0.1) is 0 Å². The zero-order valence-electron chi connectivity index (χ0n) is 10.9. The molecule has 4 nitrogen and oxygen atoms in total. The molecule has 0 unspecified atom stereocenters. The molecule has 0 amide bonds. The Labute approximate surface area is 102 Å². The van der Waals surface area contributed by atoms with Gasteiger partial charge in [-0.05, 0) is 26.0 Å². The van der Waals surface area contributed by atoms with Crippen LogP contribution in [0.15, 0.2) is 18.2 Å². The Morgan fingerprint density at radius 2 is 1.82 bits per heavy atom. The summed E-state index contributed by atoms with van der Waals surface area (Å²) in [5.74, 6) is 2.15. The molecule has 0 fully saturated rings. The molecule has 0 saturated heterocycles. The monoisotopic (exact) mass is 240 g/mol. The second-order valence-electron chi connectivity index (χ2n) is 3.82. The molecule has 1 aromatic rings. The van der Waals surface area contributed by atoms with Crippen LogP contribution in [0.3, 0.4) is 0 Å². The molecule has 0 heterocycles. The highest BCUT2D eigenvalue weighted by Crippen LogP contribution is 2.31. The van der Waals surface area contributed by atoms with Crippen molar-refractivity contribution in [2.75, 3.05) is 27.4 Å². The van der Waals surface area contributed by atoms with Gasteiger partial charge >= 0.3 is 0 Å². The summed E-state index contributed by atoms with van der Waals surface area (Å²) >= 11 is 0. The van der Waals surface area contributed by atoms with Gasteiger partial charge in [-0.3, -0.25) is 0 Å². The maximum atomic E-state index is 5.65. The number of benzene rings is 1. The van der Waals surface area contributed by atoms with Crippen LogP contribution in [0.25, 0.3) is 0 Å². The van der Waals surface area contributed by atoms with Crippen LogP contribution in [0.2, 0.25) is 0 Å². The van der Waals surface area contributed by atoms with Crippen molar-refractivity contribution in [1.29, 1.82) is 0 Å². The Bertz CT molecular complexity index is 336. The highest BCUT2D eigenvalue weighted by atomic mass is 16.5. The van der Waals surface area contributed by atoms with E-state index in [0.717, 1.165) is 5.75 Å². The van der Waals surface area contributed by atoms with E-state index in [2.05, 4.69) is 0 Å². The first-order valence-electron chi connectivity index (χ1n) is 5.63. The van der Waals surface area contributed by atoms with Crippen molar-refractivity contribution in [2.24, 2.45) is 0 Å².